The van der Waals surface area contributed by atoms with Crippen LogP contribution in [-0.2, 0) is 9.59 Å². The lowest BCUT2D eigenvalue weighted by Gasteiger charge is -2.34. The molecule has 120 valence electrons. The molecule has 1 aromatic carbocycles. The van der Waals surface area contributed by atoms with Crippen molar-refractivity contribution in [3.05, 3.63) is 29.8 Å². The lowest BCUT2D eigenvalue weighted by atomic mass is 10.0. The quantitative estimate of drug-likeness (QED) is 0.847. The number of carbonyl (C=O) groups excluding carboxylic acids is 2. The van der Waals surface area contributed by atoms with Crippen LogP contribution in [0.3, 0.4) is 0 Å². The Hall–Kier alpha value is -2.39. The third-order valence-electron chi connectivity index (χ3n) is 4.66. The van der Waals surface area contributed by atoms with Gasteiger partial charge in [0.25, 0.3) is 0 Å². The van der Waals surface area contributed by atoms with Crippen molar-refractivity contribution in [3.63, 3.8) is 0 Å². The fourth-order valence-electron chi connectivity index (χ4n) is 2.85. The van der Waals surface area contributed by atoms with Gasteiger partial charge in [-0.25, -0.2) is 0 Å². The summed E-state index contributed by atoms with van der Waals surface area (Å²) in [4.78, 5) is 29.3. The standard InChI is InChI=1S/C17H20N4O2/c1-20-8-10-21(11-9-20)16(23)17(6-7-17)15(22)19-14-4-2-13(12-18)3-5-14/h2-5H,6-11H2,1H3,(H,19,22). The van der Waals surface area contributed by atoms with E-state index in [0.717, 1.165) is 13.1 Å². The summed E-state index contributed by atoms with van der Waals surface area (Å²) in [6.07, 6.45) is 1.22. The Morgan fingerprint density at radius 3 is 2.26 bits per heavy atom. The van der Waals surface area contributed by atoms with Crippen molar-refractivity contribution in [1.29, 1.82) is 5.26 Å². The number of hydrogen-bond acceptors (Lipinski definition) is 4. The highest BCUT2D eigenvalue weighted by molar-refractivity contribution is 6.13. The van der Waals surface area contributed by atoms with Gasteiger partial charge in [0.2, 0.25) is 11.8 Å². The topological polar surface area (TPSA) is 76.4 Å². The van der Waals surface area contributed by atoms with Crippen LogP contribution in [0.25, 0.3) is 0 Å². The van der Waals surface area contributed by atoms with Gasteiger partial charge in [0.05, 0.1) is 11.6 Å². The number of benzene rings is 1. The van der Waals surface area contributed by atoms with Crippen molar-refractivity contribution in [2.24, 2.45) is 5.41 Å². The minimum absolute atomic E-state index is 0.0447. The van der Waals surface area contributed by atoms with E-state index in [1.807, 2.05) is 18.0 Å². The summed E-state index contributed by atoms with van der Waals surface area (Å²) in [6.45, 7) is 3.06. The molecule has 0 radical (unpaired) electrons. The van der Waals surface area contributed by atoms with Gasteiger partial charge < -0.3 is 15.1 Å². The summed E-state index contributed by atoms with van der Waals surface area (Å²) >= 11 is 0. The smallest absolute Gasteiger partial charge is 0.240 e. The van der Waals surface area contributed by atoms with Crippen LogP contribution >= 0.6 is 0 Å². The zero-order valence-electron chi connectivity index (χ0n) is 13.2. The molecule has 2 amide bonds. The molecule has 2 fully saturated rings. The number of nitrogens with one attached hydrogen (secondary N) is 1. The molecule has 2 aliphatic rings. The number of anilines is 1. The number of rotatable bonds is 3. The normalized spacial score (nSPS) is 19.7. The first-order valence-corrected chi connectivity index (χ1v) is 7.85. The van der Waals surface area contributed by atoms with Crippen LogP contribution in [-0.4, -0.2) is 54.8 Å². The fourth-order valence-corrected chi connectivity index (χ4v) is 2.85. The van der Waals surface area contributed by atoms with E-state index in [1.165, 1.54) is 0 Å². The zero-order valence-corrected chi connectivity index (χ0v) is 13.2. The Bertz CT molecular complexity index is 650. The predicted molar refractivity (Wildman–Crippen MR) is 85.5 cm³/mol. The van der Waals surface area contributed by atoms with Crippen LogP contribution in [0.15, 0.2) is 24.3 Å². The molecule has 1 aromatic rings. The maximum absolute atomic E-state index is 12.7. The van der Waals surface area contributed by atoms with Crippen LogP contribution in [0.5, 0.6) is 0 Å². The molecule has 6 nitrogen and oxygen atoms in total. The van der Waals surface area contributed by atoms with Gasteiger partial charge in [0, 0.05) is 31.9 Å². The van der Waals surface area contributed by atoms with Gasteiger partial charge >= 0.3 is 0 Å². The van der Waals surface area contributed by atoms with Gasteiger partial charge in [-0.3, -0.25) is 9.59 Å². The average Bonchev–Trinajstić information content (AvgIpc) is 3.37. The molecule has 0 bridgehead atoms. The number of amides is 2. The van der Waals surface area contributed by atoms with E-state index in [-0.39, 0.29) is 11.8 Å². The van der Waals surface area contributed by atoms with E-state index in [9.17, 15) is 9.59 Å². The summed E-state index contributed by atoms with van der Waals surface area (Å²) in [7, 11) is 2.03. The second kappa shape index (κ2) is 6.01. The lowest BCUT2D eigenvalue weighted by molar-refractivity contribution is -0.143. The first kappa shape index (κ1) is 15.5. The maximum Gasteiger partial charge on any atom is 0.240 e. The van der Waals surface area contributed by atoms with Crippen molar-refractivity contribution >= 4 is 17.5 Å². The Morgan fingerprint density at radius 2 is 1.74 bits per heavy atom. The summed E-state index contributed by atoms with van der Waals surface area (Å²) in [5.74, 6) is -0.275. The van der Waals surface area contributed by atoms with Gasteiger partial charge in [-0.2, -0.15) is 5.26 Å². The molecule has 0 spiro atoms. The summed E-state index contributed by atoms with van der Waals surface area (Å²) < 4.78 is 0. The first-order valence-electron chi connectivity index (χ1n) is 7.85. The van der Waals surface area contributed by atoms with Crippen LogP contribution in [0.4, 0.5) is 5.69 Å². The number of carbonyl (C=O) groups is 2. The lowest BCUT2D eigenvalue weighted by Crippen LogP contribution is -2.51. The third-order valence-corrected chi connectivity index (χ3v) is 4.66. The summed E-state index contributed by atoms with van der Waals surface area (Å²) in [6, 6.07) is 8.71. The van der Waals surface area contributed by atoms with Gasteiger partial charge in [-0.1, -0.05) is 0 Å². The molecule has 23 heavy (non-hydrogen) atoms. The molecule has 1 saturated carbocycles. The van der Waals surface area contributed by atoms with E-state index in [0.29, 0.717) is 37.2 Å². The van der Waals surface area contributed by atoms with E-state index >= 15 is 0 Å². The van der Waals surface area contributed by atoms with E-state index < -0.39 is 5.41 Å². The van der Waals surface area contributed by atoms with Crippen molar-refractivity contribution < 1.29 is 9.59 Å². The Labute approximate surface area is 135 Å². The van der Waals surface area contributed by atoms with E-state index in [1.54, 1.807) is 24.3 Å². The van der Waals surface area contributed by atoms with Crippen LogP contribution < -0.4 is 5.32 Å². The molecule has 1 N–H and O–H groups in total. The fraction of sp³-hybridized carbons (Fsp3) is 0.471. The van der Waals surface area contributed by atoms with E-state index in [4.69, 9.17) is 5.26 Å². The number of nitriles is 1. The van der Waals surface area contributed by atoms with Crippen molar-refractivity contribution in [1.82, 2.24) is 9.80 Å². The molecular weight excluding hydrogens is 292 g/mol. The highest BCUT2D eigenvalue weighted by Crippen LogP contribution is 2.48. The molecule has 0 atom stereocenters. The number of nitrogens with zero attached hydrogens (tertiary/aromatic N) is 3. The number of piperazine rings is 1. The van der Waals surface area contributed by atoms with Crippen LogP contribution in [0, 0.1) is 16.7 Å². The van der Waals surface area contributed by atoms with Crippen molar-refractivity contribution in [2.45, 2.75) is 12.8 Å². The van der Waals surface area contributed by atoms with Crippen LogP contribution in [0.2, 0.25) is 0 Å². The third kappa shape index (κ3) is 3.06. The minimum Gasteiger partial charge on any atom is -0.339 e. The first-order chi connectivity index (χ1) is 11.0. The van der Waals surface area contributed by atoms with Gasteiger partial charge in [0.15, 0.2) is 0 Å². The second-order valence-electron chi connectivity index (χ2n) is 6.32. The van der Waals surface area contributed by atoms with Crippen molar-refractivity contribution in [2.75, 3.05) is 38.5 Å². The molecule has 1 aliphatic heterocycles. The minimum atomic E-state index is -0.885. The SMILES string of the molecule is CN1CCN(C(=O)C2(C(=O)Nc3ccc(C#N)cc3)CC2)CC1. The molecule has 0 unspecified atom stereocenters. The molecule has 1 heterocycles. The van der Waals surface area contributed by atoms with Gasteiger partial charge in [0.1, 0.15) is 5.41 Å². The highest BCUT2D eigenvalue weighted by atomic mass is 16.2. The maximum atomic E-state index is 12.7. The molecule has 0 aromatic heterocycles. The predicted octanol–water partition coefficient (Wildman–Crippen LogP) is 1.05. The van der Waals surface area contributed by atoms with Gasteiger partial charge in [-0.15, -0.1) is 0 Å². The summed E-state index contributed by atoms with van der Waals surface area (Å²) in [5, 5.41) is 11.6. The second-order valence-corrected chi connectivity index (χ2v) is 6.32. The molecule has 3 rings (SSSR count). The zero-order chi connectivity index (χ0) is 16.4. The Kier molecular flexibility index (Phi) is 4.05. The number of likely N-dealkylation sites (N-methyl/N-ethyl adjacent to an activating group) is 1. The Morgan fingerprint density at radius 1 is 1.13 bits per heavy atom. The molecule has 1 aliphatic carbocycles. The largest absolute Gasteiger partial charge is 0.339 e. The molecule has 1 saturated heterocycles. The monoisotopic (exact) mass is 312 g/mol. The van der Waals surface area contributed by atoms with Crippen LogP contribution in [0.1, 0.15) is 18.4 Å². The average molecular weight is 312 g/mol. The highest BCUT2D eigenvalue weighted by Gasteiger charge is 2.58. The summed E-state index contributed by atoms with van der Waals surface area (Å²) in [5.41, 5.74) is 0.271. The van der Waals surface area contributed by atoms with E-state index in [2.05, 4.69) is 10.2 Å². The molecule has 6 heteroatoms. The van der Waals surface area contributed by atoms with Crippen molar-refractivity contribution in [3.8, 4) is 6.07 Å². The van der Waals surface area contributed by atoms with Gasteiger partial charge in [-0.05, 0) is 44.2 Å². The Balaban J connectivity index is 1.66. The number of hydrogen-bond donors (Lipinski definition) is 1. The molecular formula is C17H20N4O2.